The van der Waals surface area contributed by atoms with Gasteiger partial charge in [0, 0.05) is 24.2 Å². The maximum Gasteiger partial charge on any atom is 0.313 e. The van der Waals surface area contributed by atoms with Crippen LogP contribution in [-0.4, -0.2) is 26.0 Å². The molecule has 0 aliphatic heterocycles. The molecule has 0 aromatic carbocycles. The minimum Gasteiger partial charge on any atom is -0.481 e. The summed E-state index contributed by atoms with van der Waals surface area (Å²) in [5.41, 5.74) is 1.64. The van der Waals surface area contributed by atoms with Gasteiger partial charge in [-0.15, -0.1) is 0 Å². The summed E-state index contributed by atoms with van der Waals surface area (Å²) in [4.78, 5) is 21.9. The number of rotatable bonds is 3. The Labute approximate surface area is 92.2 Å². The third kappa shape index (κ3) is 1.93. The number of aromatic amines is 1. The number of hydrogen-bond acceptors (Lipinski definition) is 3. The number of carboxylic acids is 1. The number of aliphatic carboxylic acids is 1. The largest absolute Gasteiger partial charge is 0.481 e. The van der Waals surface area contributed by atoms with Crippen LogP contribution in [0.3, 0.4) is 0 Å². The first-order valence-corrected chi connectivity index (χ1v) is 4.87. The van der Waals surface area contributed by atoms with Crippen molar-refractivity contribution in [3.63, 3.8) is 0 Å². The molecular weight excluding hydrogens is 206 g/mol. The summed E-state index contributed by atoms with van der Waals surface area (Å²) < 4.78 is 0. The van der Waals surface area contributed by atoms with E-state index in [0.29, 0.717) is 5.82 Å². The summed E-state index contributed by atoms with van der Waals surface area (Å²) in [6, 6.07) is 3.62. The van der Waals surface area contributed by atoms with Gasteiger partial charge in [0.2, 0.25) is 0 Å². The highest BCUT2D eigenvalue weighted by molar-refractivity contribution is 5.74. The van der Waals surface area contributed by atoms with Gasteiger partial charge in [-0.3, -0.25) is 4.79 Å². The Morgan fingerprint density at radius 2 is 2.31 bits per heavy atom. The predicted octanol–water partition coefficient (Wildman–Crippen LogP) is 1.66. The topological polar surface area (TPSA) is 78.9 Å². The van der Waals surface area contributed by atoms with Crippen LogP contribution in [0, 0.1) is 0 Å². The van der Waals surface area contributed by atoms with Gasteiger partial charge >= 0.3 is 5.97 Å². The molecule has 0 spiro atoms. The molecule has 2 rings (SSSR count). The highest BCUT2D eigenvalue weighted by Crippen LogP contribution is 2.18. The van der Waals surface area contributed by atoms with E-state index < -0.39 is 11.9 Å². The van der Waals surface area contributed by atoms with Gasteiger partial charge in [-0.2, -0.15) is 0 Å². The van der Waals surface area contributed by atoms with Gasteiger partial charge in [-0.05, 0) is 19.1 Å². The Balaban J connectivity index is 2.37. The van der Waals surface area contributed by atoms with Crippen LogP contribution in [0.4, 0.5) is 0 Å². The van der Waals surface area contributed by atoms with Crippen molar-refractivity contribution in [2.24, 2.45) is 0 Å². The van der Waals surface area contributed by atoms with E-state index in [2.05, 4.69) is 15.0 Å². The second kappa shape index (κ2) is 4.14. The van der Waals surface area contributed by atoms with Crippen LogP contribution in [0.15, 0.2) is 30.7 Å². The SMILES string of the molecule is CC(C(=O)O)c1nccc(-c2cc[nH]c2)n1. The van der Waals surface area contributed by atoms with E-state index in [1.165, 1.54) is 0 Å². The summed E-state index contributed by atoms with van der Waals surface area (Å²) in [6.45, 7) is 1.57. The van der Waals surface area contributed by atoms with Gasteiger partial charge in [-0.1, -0.05) is 0 Å². The third-order valence-corrected chi connectivity index (χ3v) is 2.33. The summed E-state index contributed by atoms with van der Waals surface area (Å²) in [6.07, 6.45) is 5.17. The highest BCUT2D eigenvalue weighted by atomic mass is 16.4. The summed E-state index contributed by atoms with van der Waals surface area (Å²) in [5, 5.41) is 8.87. The van der Waals surface area contributed by atoms with E-state index >= 15 is 0 Å². The van der Waals surface area contributed by atoms with Crippen molar-refractivity contribution in [1.29, 1.82) is 0 Å². The van der Waals surface area contributed by atoms with Gasteiger partial charge in [0.25, 0.3) is 0 Å². The van der Waals surface area contributed by atoms with Crippen LogP contribution >= 0.6 is 0 Å². The van der Waals surface area contributed by atoms with Crippen LogP contribution < -0.4 is 0 Å². The number of carbonyl (C=O) groups is 1. The van der Waals surface area contributed by atoms with Crippen LogP contribution in [0.25, 0.3) is 11.3 Å². The summed E-state index contributed by atoms with van der Waals surface area (Å²) >= 11 is 0. The molecule has 0 saturated heterocycles. The Hall–Kier alpha value is -2.17. The quantitative estimate of drug-likeness (QED) is 0.819. The summed E-state index contributed by atoms with van der Waals surface area (Å²) in [5.74, 6) is -1.30. The van der Waals surface area contributed by atoms with E-state index in [-0.39, 0.29) is 0 Å². The average molecular weight is 217 g/mol. The van der Waals surface area contributed by atoms with Crippen LogP contribution in [-0.2, 0) is 4.79 Å². The van der Waals surface area contributed by atoms with Crippen molar-refractivity contribution in [3.05, 3.63) is 36.5 Å². The van der Waals surface area contributed by atoms with E-state index in [4.69, 9.17) is 5.11 Å². The number of H-pyrrole nitrogens is 1. The van der Waals surface area contributed by atoms with Gasteiger partial charge in [0.05, 0.1) is 5.69 Å². The highest BCUT2D eigenvalue weighted by Gasteiger charge is 2.17. The molecule has 0 aliphatic rings. The molecule has 0 bridgehead atoms. The Morgan fingerprint density at radius 3 is 2.94 bits per heavy atom. The van der Waals surface area contributed by atoms with E-state index in [0.717, 1.165) is 11.3 Å². The molecule has 0 aliphatic carbocycles. The van der Waals surface area contributed by atoms with Crippen molar-refractivity contribution >= 4 is 5.97 Å². The summed E-state index contributed by atoms with van der Waals surface area (Å²) in [7, 11) is 0. The zero-order valence-corrected chi connectivity index (χ0v) is 8.71. The molecule has 2 aromatic heterocycles. The van der Waals surface area contributed by atoms with Gasteiger partial charge in [0.15, 0.2) is 0 Å². The molecule has 2 N–H and O–H groups in total. The second-order valence-electron chi connectivity index (χ2n) is 3.46. The molecule has 2 heterocycles. The molecule has 0 fully saturated rings. The Morgan fingerprint density at radius 1 is 1.50 bits per heavy atom. The predicted molar refractivity (Wildman–Crippen MR) is 57.9 cm³/mol. The molecule has 1 unspecified atom stereocenters. The first-order chi connectivity index (χ1) is 7.68. The van der Waals surface area contributed by atoms with Gasteiger partial charge in [0.1, 0.15) is 11.7 Å². The Bertz CT molecular complexity index is 494. The molecule has 0 radical (unpaired) electrons. The minimum atomic E-state index is -0.925. The fourth-order valence-electron chi connectivity index (χ4n) is 1.34. The minimum absolute atomic E-state index is 0.325. The van der Waals surface area contributed by atoms with Crippen LogP contribution in [0.5, 0.6) is 0 Å². The van der Waals surface area contributed by atoms with E-state index in [1.807, 2.05) is 6.07 Å². The zero-order chi connectivity index (χ0) is 11.5. The standard InChI is InChI=1S/C11H11N3O2/c1-7(11(15)16)10-13-5-3-9(14-10)8-2-4-12-6-8/h2-7,12H,1H3,(H,15,16). The van der Waals surface area contributed by atoms with Crippen LogP contribution in [0.1, 0.15) is 18.7 Å². The van der Waals surface area contributed by atoms with Crippen molar-refractivity contribution in [3.8, 4) is 11.3 Å². The normalized spacial score (nSPS) is 12.3. The Kier molecular flexibility index (Phi) is 2.68. The number of nitrogens with one attached hydrogen (secondary N) is 1. The lowest BCUT2D eigenvalue weighted by Crippen LogP contribution is -2.11. The number of carboxylic acid groups (broad SMARTS) is 1. The van der Waals surface area contributed by atoms with Crippen molar-refractivity contribution in [2.75, 3.05) is 0 Å². The molecule has 0 amide bonds. The molecule has 82 valence electrons. The number of nitrogens with zero attached hydrogens (tertiary/aromatic N) is 2. The maximum atomic E-state index is 10.8. The first kappa shape index (κ1) is 10.4. The first-order valence-electron chi connectivity index (χ1n) is 4.87. The number of aromatic nitrogens is 3. The second-order valence-corrected chi connectivity index (χ2v) is 3.46. The average Bonchev–Trinajstić information content (AvgIpc) is 2.81. The van der Waals surface area contributed by atoms with Gasteiger partial charge in [-0.25, -0.2) is 9.97 Å². The fourth-order valence-corrected chi connectivity index (χ4v) is 1.34. The fraction of sp³-hybridized carbons (Fsp3) is 0.182. The lowest BCUT2D eigenvalue weighted by Gasteiger charge is -2.05. The molecule has 5 heteroatoms. The third-order valence-electron chi connectivity index (χ3n) is 2.33. The maximum absolute atomic E-state index is 10.8. The molecular formula is C11H11N3O2. The smallest absolute Gasteiger partial charge is 0.313 e. The van der Waals surface area contributed by atoms with Crippen molar-refractivity contribution < 1.29 is 9.90 Å². The monoisotopic (exact) mass is 217 g/mol. The molecule has 16 heavy (non-hydrogen) atoms. The number of hydrogen-bond donors (Lipinski definition) is 2. The lowest BCUT2D eigenvalue weighted by atomic mass is 10.1. The lowest BCUT2D eigenvalue weighted by molar-refractivity contribution is -0.138. The zero-order valence-electron chi connectivity index (χ0n) is 8.71. The molecule has 2 aromatic rings. The van der Waals surface area contributed by atoms with Gasteiger partial charge < -0.3 is 10.1 Å². The van der Waals surface area contributed by atoms with E-state index in [1.54, 1.807) is 31.6 Å². The molecule has 0 saturated carbocycles. The molecule has 5 nitrogen and oxygen atoms in total. The molecule has 1 atom stereocenters. The van der Waals surface area contributed by atoms with E-state index in [9.17, 15) is 4.79 Å². The van der Waals surface area contributed by atoms with Crippen molar-refractivity contribution in [2.45, 2.75) is 12.8 Å². The van der Waals surface area contributed by atoms with Crippen LogP contribution in [0.2, 0.25) is 0 Å². The van der Waals surface area contributed by atoms with Crippen molar-refractivity contribution in [1.82, 2.24) is 15.0 Å².